The van der Waals surface area contributed by atoms with Crippen LogP contribution < -0.4 is 15.2 Å². The molecule has 0 aromatic heterocycles. The second kappa shape index (κ2) is 4.77. The first-order valence-electron chi connectivity index (χ1n) is 4.66. The van der Waals surface area contributed by atoms with Gasteiger partial charge in [0.15, 0.2) is 0 Å². The van der Waals surface area contributed by atoms with Crippen molar-refractivity contribution in [2.24, 2.45) is 5.73 Å². The smallest absolute Gasteiger partial charge is 0.136 e. The highest BCUT2D eigenvalue weighted by Gasteiger charge is 2.16. The van der Waals surface area contributed by atoms with Gasteiger partial charge in [0.1, 0.15) is 11.5 Å². The normalized spacial score (nSPS) is 11.3. The predicted octanol–water partition coefficient (Wildman–Crippen LogP) is 2.49. The molecule has 0 unspecified atom stereocenters. The van der Waals surface area contributed by atoms with Crippen molar-refractivity contribution in [3.05, 3.63) is 18.2 Å². The molecule has 1 aromatic carbocycles. The van der Waals surface area contributed by atoms with Gasteiger partial charge in [-0.1, -0.05) is 0 Å². The molecule has 0 amide bonds. The minimum absolute atomic E-state index is 0.318. The molecular weight excluding hydrogens is 210 g/mol. The summed E-state index contributed by atoms with van der Waals surface area (Å²) in [6.07, 6.45) is 0. The third-order valence-electron chi connectivity index (χ3n) is 1.74. The third kappa shape index (κ3) is 3.64. The number of nitrogens with two attached hydrogens (primary N) is 1. The Hall–Kier alpha value is -0.870. The summed E-state index contributed by atoms with van der Waals surface area (Å²) in [7, 11) is 3.27. The van der Waals surface area contributed by atoms with Crippen LogP contribution in [0, 0.1) is 0 Å². The lowest BCUT2D eigenvalue weighted by atomic mass is 10.3. The van der Waals surface area contributed by atoms with Crippen molar-refractivity contribution < 1.29 is 9.47 Å². The van der Waals surface area contributed by atoms with E-state index >= 15 is 0 Å². The predicted molar refractivity (Wildman–Crippen MR) is 63.7 cm³/mol. The number of thioether (sulfide) groups is 1. The van der Waals surface area contributed by atoms with Crippen LogP contribution in [0.2, 0.25) is 0 Å². The first kappa shape index (κ1) is 12.2. The number of hydrogen-bond acceptors (Lipinski definition) is 4. The number of methoxy groups -OCH3 is 2. The zero-order valence-electron chi connectivity index (χ0n) is 9.53. The average molecular weight is 227 g/mol. The first-order chi connectivity index (χ1) is 6.96. The molecule has 0 saturated heterocycles. The van der Waals surface area contributed by atoms with Gasteiger partial charge in [0.2, 0.25) is 0 Å². The molecule has 84 valence electrons. The molecule has 15 heavy (non-hydrogen) atoms. The summed E-state index contributed by atoms with van der Waals surface area (Å²) in [5, 5.41) is 0. The van der Waals surface area contributed by atoms with Crippen LogP contribution in [0.25, 0.3) is 0 Å². The molecule has 4 heteroatoms. The molecule has 0 aliphatic heterocycles. The van der Waals surface area contributed by atoms with Crippen LogP contribution in [-0.2, 0) is 0 Å². The summed E-state index contributed by atoms with van der Waals surface area (Å²) in [6.45, 7) is 3.92. The summed E-state index contributed by atoms with van der Waals surface area (Å²) in [5.41, 5.74) is 5.94. The first-order valence-corrected chi connectivity index (χ1v) is 5.48. The second-order valence-electron chi connectivity index (χ2n) is 3.72. The van der Waals surface area contributed by atoms with Crippen molar-refractivity contribution in [3.63, 3.8) is 0 Å². The van der Waals surface area contributed by atoms with E-state index in [1.54, 1.807) is 26.0 Å². The number of hydrogen-bond donors (Lipinski definition) is 1. The molecule has 0 fully saturated rings. The summed E-state index contributed by atoms with van der Waals surface area (Å²) in [6, 6.07) is 5.71. The van der Waals surface area contributed by atoms with Crippen molar-refractivity contribution in [2.75, 3.05) is 14.2 Å². The van der Waals surface area contributed by atoms with Gasteiger partial charge in [-0.2, -0.15) is 0 Å². The van der Waals surface area contributed by atoms with E-state index in [0.29, 0.717) is 0 Å². The van der Waals surface area contributed by atoms with Gasteiger partial charge < -0.3 is 15.2 Å². The maximum Gasteiger partial charge on any atom is 0.136 e. The van der Waals surface area contributed by atoms with Crippen LogP contribution in [0.5, 0.6) is 11.5 Å². The molecule has 0 heterocycles. The number of ether oxygens (including phenoxy) is 2. The van der Waals surface area contributed by atoms with Gasteiger partial charge in [0.05, 0.1) is 24.0 Å². The number of benzene rings is 1. The molecule has 1 aromatic rings. The molecule has 0 atom stereocenters. The molecule has 0 bridgehead atoms. The van der Waals surface area contributed by atoms with Gasteiger partial charge in [-0.25, -0.2) is 0 Å². The highest BCUT2D eigenvalue weighted by atomic mass is 32.2. The van der Waals surface area contributed by atoms with Gasteiger partial charge in [0.25, 0.3) is 0 Å². The maximum absolute atomic E-state index is 5.94. The van der Waals surface area contributed by atoms with Crippen LogP contribution in [0.15, 0.2) is 23.1 Å². The Balaban J connectivity index is 2.97. The molecule has 1 rings (SSSR count). The van der Waals surface area contributed by atoms with Crippen LogP contribution in [-0.4, -0.2) is 19.1 Å². The summed E-state index contributed by atoms with van der Waals surface area (Å²) < 4.78 is 10.4. The summed E-state index contributed by atoms with van der Waals surface area (Å²) >= 11 is 1.57. The second-order valence-corrected chi connectivity index (χ2v) is 5.42. The molecule has 0 aliphatic rings. The van der Waals surface area contributed by atoms with Gasteiger partial charge in [0, 0.05) is 6.07 Å². The van der Waals surface area contributed by atoms with E-state index < -0.39 is 0 Å². The quantitative estimate of drug-likeness (QED) is 0.634. The van der Waals surface area contributed by atoms with E-state index in [9.17, 15) is 0 Å². The summed E-state index contributed by atoms with van der Waals surface area (Å²) in [5.74, 6) is 1.57. The Morgan fingerprint density at radius 3 is 2.33 bits per heavy atom. The lowest BCUT2D eigenvalue weighted by Gasteiger charge is -2.19. The Labute approximate surface area is 94.9 Å². The molecule has 0 radical (unpaired) electrons. The molecule has 0 saturated carbocycles. The van der Waals surface area contributed by atoms with E-state index in [-0.39, 0.29) is 4.87 Å². The van der Waals surface area contributed by atoms with Crippen molar-refractivity contribution >= 4 is 11.8 Å². The highest BCUT2D eigenvalue weighted by molar-refractivity contribution is 8.00. The zero-order chi connectivity index (χ0) is 11.5. The average Bonchev–Trinajstić information content (AvgIpc) is 2.16. The Bertz CT molecular complexity index is 334. The van der Waals surface area contributed by atoms with E-state index in [2.05, 4.69) is 0 Å². The van der Waals surface area contributed by atoms with Crippen LogP contribution in [0.4, 0.5) is 0 Å². The molecular formula is C11H17NO2S. The largest absolute Gasteiger partial charge is 0.497 e. The van der Waals surface area contributed by atoms with Gasteiger partial charge >= 0.3 is 0 Å². The van der Waals surface area contributed by atoms with Crippen molar-refractivity contribution in [1.29, 1.82) is 0 Å². The maximum atomic E-state index is 5.94. The molecule has 0 aliphatic carbocycles. The third-order valence-corrected chi connectivity index (χ3v) is 2.83. The standard InChI is InChI=1S/C11H17NO2S/c1-11(2,12)15-10-6-5-8(13-3)7-9(10)14-4/h5-7H,12H2,1-4H3. The fourth-order valence-electron chi connectivity index (χ4n) is 1.14. The minimum Gasteiger partial charge on any atom is -0.497 e. The van der Waals surface area contributed by atoms with Gasteiger partial charge in [-0.05, 0) is 26.0 Å². The fraction of sp³-hybridized carbons (Fsp3) is 0.455. The Kier molecular flexibility index (Phi) is 3.88. The van der Waals surface area contributed by atoms with E-state index in [1.807, 2.05) is 32.0 Å². The van der Waals surface area contributed by atoms with Crippen molar-refractivity contribution in [1.82, 2.24) is 0 Å². The lowest BCUT2D eigenvalue weighted by molar-refractivity contribution is 0.387. The van der Waals surface area contributed by atoms with Crippen LogP contribution >= 0.6 is 11.8 Å². The van der Waals surface area contributed by atoms with E-state index in [4.69, 9.17) is 15.2 Å². The van der Waals surface area contributed by atoms with E-state index in [0.717, 1.165) is 16.4 Å². The lowest BCUT2D eigenvalue weighted by Crippen LogP contribution is -2.26. The molecule has 0 spiro atoms. The monoisotopic (exact) mass is 227 g/mol. The SMILES string of the molecule is COc1ccc(SC(C)(C)N)c(OC)c1. The van der Waals surface area contributed by atoms with Gasteiger partial charge in [-0.3, -0.25) is 0 Å². The van der Waals surface area contributed by atoms with E-state index in [1.165, 1.54) is 0 Å². The number of rotatable bonds is 4. The van der Waals surface area contributed by atoms with Crippen molar-refractivity contribution in [3.8, 4) is 11.5 Å². The fourth-order valence-corrected chi connectivity index (χ4v) is 2.09. The highest BCUT2D eigenvalue weighted by Crippen LogP contribution is 2.37. The minimum atomic E-state index is -0.318. The molecule has 2 N–H and O–H groups in total. The topological polar surface area (TPSA) is 44.5 Å². The summed E-state index contributed by atoms with van der Waals surface area (Å²) in [4.78, 5) is 0.702. The van der Waals surface area contributed by atoms with Crippen LogP contribution in [0.3, 0.4) is 0 Å². The van der Waals surface area contributed by atoms with Crippen LogP contribution in [0.1, 0.15) is 13.8 Å². The Morgan fingerprint density at radius 1 is 1.20 bits per heavy atom. The Morgan fingerprint density at radius 2 is 1.87 bits per heavy atom. The zero-order valence-corrected chi connectivity index (χ0v) is 10.4. The van der Waals surface area contributed by atoms with Gasteiger partial charge in [-0.15, -0.1) is 11.8 Å². The molecule has 3 nitrogen and oxygen atoms in total. The van der Waals surface area contributed by atoms with Crippen molar-refractivity contribution in [2.45, 2.75) is 23.6 Å².